The van der Waals surface area contributed by atoms with Gasteiger partial charge in [-0.2, -0.15) is 12.6 Å². The maximum absolute atomic E-state index is 12.8. The molecule has 0 aliphatic rings. The predicted octanol–water partition coefficient (Wildman–Crippen LogP) is -2.64. The van der Waals surface area contributed by atoms with Crippen molar-refractivity contribution in [3.8, 4) is 0 Å². The first-order chi connectivity index (χ1) is 15.8. The van der Waals surface area contributed by atoms with Gasteiger partial charge in [-0.25, -0.2) is 4.79 Å². The first-order valence-electron chi connectivity index (χ1n) is 10.6. The minimum Gasteiger partial charge on any atom is -0.481 e. The highest BCUT2D eigenvalue weighted by molar-refractivity contribution is 7.80. The number of carboxylic acids is 2. The van der Waals surface area contributed by atoms with Crippen molar-refractivity contribution in [2.75, 3.05) is 12.3 Å². The molecule has 194 valence electrons. The lowest BCUT2D eigenvalue weighted by Gasteiger charge is -2.25. The molecule has 0 aromatic rings. The van der Waals surface area contributed by atoms with Crippen LogP contribution in [0.5, 0.6) is 0 Å². The Labute approximate surface area is 202 Å². The fraction of sp³-hybridized carbons (Fsp3) is 0.684. The molecule has 34 heavy (non-hydrogen) atoms. The number of guanidine groups is 1. The van der Waals surface area contributed by atoms with Crippen molar-refractivity contribution >= 4 is 48.2 Å². The van der Waals surface area contributed by atoms with Gasteiger partial charge < -0.3 is 43.4 Å². The summed E-state index contributed by atoms with van der Waals surface area (Å²) in [6, 6.07) is -5.03. The Hall–Kier alpha value is -3.07. The van der Waals surface area contributed by atoms with Crippen molar-refractivity contribution in [2.45, 2.75) is 63.7 Å². The third-order valence-corrected chi connectivity index (χ3v) is 4.84. The zero-order chi connectivity index (χ0) is 26.4. The number of carbonyl (C=O) groups is 5. The summed E-state index contributed by atoms with van der Waals surface area (Å²) in [6.07, 6.45) is -0.449. The number of carboxylic acid groups (broad SMARTS) is 2. The molecule has 0 fully saturated rings. The second-order valence-electron chi connectivity index (χ2n) is 7.99. The molecule has 0 radical (unpaired) electrons. The number of aliphatic imine (C=N–C) groups is 1. The smallest absolute Gasteiger partial charge is 0.326 e. The second-order valence-corrected chi connectivity index (χ2v) is 8.35. The Morgan fingerprint density at radius 3 is 1.91 bits per heavy atom. The summed E-state index contributed by atoms with van der Waals surface area (Å²) in [5.41, 5.74) is 16.0. The van der Waals surface area contributed by atoms with E-state index in [1.807, 2.05) is 0 Å². The number of rotatable bonds is 16. The van der Waals surface area contributed by atoms with E-state index >= 15 is 0 Å². The first kappa shape index (κ1) is 30.9. The van der Waals surface area contributed by atoms with Gasteiger partial charge in [-0.05, 0) is 25.2 Å². The highest BCUT2D eigenvalue weighted by Crippen LogP contribution is 2.07. The third-order valence-electron chi connectivity index (χ3n) is 4.45. The molecule has 0 spiro atoms. The summed E-state index contributed by atoms with van der Waals surface area (Å²) in [5, 5.41) is 25.5. The van der Waals surface area contributed by atoms with Crippen molar-refractivity contribution < 1.29 is 34.2 Å². The number of amides is 3. The molecule has 0 aliphatic heterocycles. The summed E-state index contributed by atoms with van der Waals surface area (Å²) in [6.45, 7) is 3.72. The van der Waals surface area contributed by atoms with E-state index in [0.717, 1.165) is 0 Å². The molecule has 0 aliphatic carbocycles. The second kappa shape index (κ2) is 15.7. The average Bonchev–Trinajstić information content (AvgIpc) is 2.72. The molecule has 0 aromatic heterocycles. The van der Waals surface area contributed by atoms with E-state index < -0.39 is 60.2 Å². The monoisotopic (exact) mass is 505 g/mol. The molecular formula is C19H35N7O7S. The van der Waals surface area contributed by atoms with Gasteiger partial charge in [0.25, 0.3) is 0 Å². The highest BCUT2D eigenvalue weighted by atomic mass is 32.1. The molecule has 11 N–H and O–H groups in total. The summed E-state index contributed by atoms with van der Waals surface area (Å²) < 4.78 is 0. The Morgan fingerprint density at radius 1 is 0.912 bits per heavy atom. The molecule has 3 amide bonds. The molecule has 0 aromatic carbocycles. The average molecular weight is 506 g/mol. The van der Waals surface area contributed by atoms with Crippen LogP contribution in [0.4, 0.5) is 0 Å². The van der Waals surface area contributed by atoms with Crippen LogP contribution in [0, 0.1) is 5.92 Å². The van der Waals surface area contributed by atoms with Crippen molar-refractivity contribution in [3.63, 3.8) is 0 Å². The van der Waals surface area contributed by atoms with Gasteiger partial charge in [0.2, 0.25) is 17.7 Å². The summed E-state index contributed by atoms with van der Waals surface area (Å²) in [7, 11) is 0. The Morgan fingerprint density at radius 2 is 1.44 bits per heavy atom. The van der Waals surface area contributed by atoms with E-state index in [1.165, 1.54) is 0 Å². The van der Waals surface area contributed by atoms with Gasteiger partial charge in [0, 0.05) is 12.3 Å². The predicted molar refractivity (Wildman–Crippen MR) is 127 cm³/mol. The molecule has 14 nitrogen and oxygen atoms in total. The molecule has 0 bridgehead atoms. The first-order valence-corrected chi connectivity index (χ1v) is 11.2. The van der Waals surface area contributed by atoms with Gasteiger partial charge >= 0.3 is 11.9 Å². The van der Waals surface area contributed by atoms with E-state index in [9.17, 15) is 29.1 Å². The van der Waals surface area contributed by atoms with Crippen molar-refractivity contribution in [3.05, 3.63) is 0 Å². The Balaban J connectivity index is 5.43. The van der Waals surface area contributed by atoms with E-state index in [4.69, 9.17) is 22.3 Å². The number of hydrogen-bond donors (Lipinski definition) is 9. The summed E-state index contributed by atoms with van der Waals surface area (Å²) >= 11 is 3.94. The Bertz CT molecular complexity index is 759. The van der Waals surface area contributed by atoms with Gasteiger partial charge in [-0.15, -0.1) is 0 Å². The van der Waals surface area contributed by atoms with Crippen molar-refractivity contribution in [1.82, 2.24) is 16.0 Å². The van der Waals surface area contributed by atoms with Gasteiger partial charge in [0.15, 0.2) is 5.96 Å². The zero-order valence-electron chi connectivity index (χ0n) is 19.2. The minimum atomic E-state index is -1.59. The number of aliphatic carboxylic acids is 2. The zero-order valence-corrected chi connectivity index (χ0v) is 20.1. The molecule has 0 rings (SSSR count). The number of carbonyl (C=O) groups excluding carboxylic acids is 3. The van der Waals surface area contributed by atoms with Gasteiger partial charge in [-0.3, -0.25) is 24.2 Å². The standard InChI is InChI=1S/C19H35N7O7S/c1-9(2)6-12(25-15(29)10(20)8-34)16(30)26-13(7-14(27)28)17(31)24-11(18(32)33)4-3-5-23-19(21)22/h9-13,34H,3-8,20H2,1-2H3,(H,24,31)(H,25,29)(H,26,30)(H,27,28)(H,32,33)(H4,21,22,23). The van der Waals surface area contributed by atoms with E-state index in [-0.39, 0.29) is 43.4 Å². The SMILES string of the molecule is CC(C)CC(NC(=O)C(N)CS)C(=O)NC(CC(=O)O)C(=O)NC(CCCN=C(N)N)C(=O)O. The number of hydrogen-bond acceptors (Lipinski definition) is 8. The van der Waals surface area contributed by atoms with Crippen LogP contribution < -0.4 is 33.2 Å². The largest absolute Gasteiger partial charge is 0.481 e. The lowest BCUT2D eigenvalue weighted by Crippen LogP contribution is -2.57. The summed E-state index contributed by atoms with van der Waals surface area (Å²) in [4.78, 5) is 64.1. The molecule has 0 saturated carbocycles. The van der Waals surface area contributed by atoms with Gasteiger partial charge in [0.1, 0.15) is 18.1 Å². The fourth-order valence-corrected chi connectivity index (χ4v) is 2.92. The van der Waals surface area contributed by atoms with Crippen molar-refractivity contribution in [1.29, 1.82) is 0 Å². The highest BCUT2D eigenvalue weighted by Gasteiger charge is 2.31. The lowest BCUT2D eigenvalue weighted by molar-refractivity contribution is -0.143. The molecule has 15 heteroatoms. The molecular weight excluding hydrogens is 470 g/mol. The van der Waals surface area contributed by atoms with Crippen LogP contribution in [0.15, 0.2) is 4.99 Å². The molecule has 4 atom stereocenters. The molecule has 4 unspecified atom stereocenters. The van der Waals surface area contributed by atoms with Gasteiger partial charge in [-0.1, -0.05) is 13.8 Å². The van der Waals surface area contributed by atoms with Crippen LogP contribution in [-0.2, 0) is 24.0 Å². The Kier molecular flexibility index (Phi) is 14.3. The van der Waals surface area contributed by atoms with Crippen LogP contribution >= 0.6 is 12.6 Å². The fourth-order valence-electron chi connectivity index (χ4n) is 2.75. The number of nitrogens with zero attached hydrogens (tertiary/aromatic N) is 1. The minimum absolute atomic E-state index is 0.0334. The number of nitrogens with two attached hydrogens (primary N) is 3. The third kappa shape index (κ3) is 12.8. The van der Waals surface area contributed by atoms with E-state index in [2.05, 4.69) is 33.6 Å². The molecule has 0 saturated heterocycles. The van der Waals surface area contributed by atoms with Crippen LogP contribution in [-0.4, -0.2) is 82.3 Å². The van der Waals surface area contributed by atoms with Crippen LogP contribution in [0.25, 0.3) is 0 Å². The quantitative estimate of drug-likeness (QED) is 0.0456. The maximum atomic E-state index is 12.8. The van der Waals surface area contributed by atoms with E-state index in [0.29, 0.717) is 0 Å². The lowest BCUT2D eigenvalue weighted by atomic mass is 10.0. The van der Waals surface area contributed by atoms with Crippen LogP contribution in [0.2, 0.25) is 0 Å². The maximum Gasteiger partial charge on any atom is 0.326 e. The normalized spacial score (nSPS) is 14.3. The topological polar surface area (TPSA) is 252 Å². The van der Waals surface area contributed by atoms with Gasteiger partial charge in [0.05, 0.1) is 12.5 Å². The van der Waals surface area contributed by atoms with Crippen LogP contribution in [0.3, 0.4) is 0 Å². The van der Waals surface area contributed by atoms with Crippen LogP contribution in [0.1, 0.15) is 39.5 Å². The number of thiol groups is 1. The van der Waals surface area contributed by atoms with E-state index in [1.54, 1.807) is 13.8 Å². The molecule has 0 heterocycles. The summed E-state index contributed by atoms with van der Waals surface area (Å²) in [5.74, 6) is -5.39. The number of nitrogens with one attached hydrogen (secondary N) is 3. The van der Waals surface area contributed by atoms with Crippen molar-refractivity contribution in [2.24, 2.45) is 28.1 Å².